The number of piperidine rings is 1. The molecule has 0 aromatic carbocycles. The maximum atomic E-state index is 11.4. The standard InChI is InChI=1S/C18H27N5O4/c1-21(11-15(24)25)17-19-8-13(9-20-17)10-23-5-3-18(4-6-23)7-14(16(26)27)22(2)12-18/h8-9,14H,3-7,10-12H2,1-2H3,(H,24,25)(H,26,27)/t14-/m0/s1. The molecule has 0 unspecified atom stereocenters. The molecule has 2 fully saturated rings. The molecule has 2 saturated heterocycles. The van der Waals surface area contributed by atoms with Crippen LogP contribution in [0.25, 0.3) is 0 Å². The first-order valence-corrected chi connectivity index (χ1v) is 9.17. The van der Waals surface area contributed by atoms with Crippen LogP contribution in [0.5, 0.6) is 0 Å². The zero-order valence-corrected chi connectivity index (χ0v) is 15.8. The Morgan fingerprint density at radius 2 is 1.89 bits per heavy atom. The summed E-state index contributed by atoms with van der Waals surface area (Å²) in [4.78, 5) is 36.5. The Bertz CT molecular complexity index is 687. The number of anilines is 1. The minimum atomic E-state index is -0.921. The topological polar surface area (TPSA) is 110 Å². The summed E-state index contributed by atoms with van der Waals surface area (Å²) in [6.07, 6.45) is 6.23. The Balaban J connectivity index is 1.52. The third-order valence-electron chi connectivity index (χ3n) is 5.76. The number of likely N-dealkylation sites (N-methyl/N-ethyl adjacent to an activating group) is 2. The number of hydrogen-bond donors (Lipinski definition) is 2. The number of hydrogen-bond acceptors (Lipinski definition) is 7. The molecule has 0 bridgehead atoms. The molecular weight excluding hydrogens is 350 g/mol. The van der Waals surface area contributed by atoms with E-state index < -0.39 is 11.9 Å². The van der Waals surface area contributed by atoms with E-state index in [4.69, 9.17) is 5.11 Å². The molecule has 1 spiro atoms. The Morgan fingerprint density at radius 1 is 1.26 bits per heavy atom. The van der Waals surface area contributed by atoms with Gasteiger partial charge in [0, 0.05) is 38.1 Å². The number of rotatable bonds is 6. The molecule has 9 heteroatoms. The maximum Gasteiger partial charge on any atom is 0.323 e. The van der Waals surface area contributed by atoms with E-state index in [1.165, 1.54) is 4.90 Å². The second-order valence-corrected chi connectivity index (χ2v) is 7.89. The molecule has 0 aliphatic carbocycles. The van der Waals surface area contributed by atoms with Gasteiger partial charge < -0.3 is 15.1 Å². The molecule has 0 amide bonds. The van der Waals surface area contributed by atoms with Gasteiger partial charge in [0.1, 0.15) is 12.6 Å². The van der Waals surface area contributed by atoms with E-state index in [-0.39, 0.29) is 18.0 Å². The summed E-state index contributed by atoms with van der Waals surface area (Å²) in [5.41, 5.74) is 1.11. The van der Waals surface area contributed by atoms with E-state index in [1.807, 2.05) is 11.9 Å². The molecule has 0 radical (unpaired) electrons. The fourth-order valence-electron chi connectivity index (χ4n) is 4.25. The molecule has 3 heterocycles. The van der Waals surface area contributed by atoms with Gasteiger partial charge >= 0.3 is 11.9 Å². The number of nitrogens with zero attached hydrogens (tertiary/aromatic N) is 5. The third-order valence-corrected chi connectivity index (χ3v) is 5.76. The molecule has 9 nitrogen and oxygen atoms in total. The fourth-order valence-corrected chi connectivity index (χ4v) is 4.25. The second kappa shape index (κ2) is 7.77. The van der Waals surface area contributed by atoms with Crippen molar-refractivity contribution in [2.45, 2.75) is 31.8 Å². The predicted octanol–water partition coefficient (Wildman–Crippen LogP) is 0.368. The monoisotopic (exact) mass is 377 g/mol. The normalized spacial score (nSPS) is 22.8. The van der Waals surface area contributed by atoms with Crippen LogP contribution >= 0.6 is 0 Å². The molecule has 1 atom stereocenters. The highest BCUT2D eigenvalue weighted by molar-refractivity contribution is 5.74. The van der Waals surface area contributed by atoms with Crippen LogP contribution in [-0.4, -0.2) is 88.2 Å². The summed E-state index contributed by atoms with van der Waals surface area (Å²) in [5, 5.41) is 18.2. The molecule has 2 N–H and O–H groups in total. The van der Waals surface area contributed by atoms with Crippen LogP contribution in [-0.2, 0) is 16.1 Å². The van der Waals surface area contributed by atoms with Gasteiger partial charge in [-0.1, -0.05) is 0 Å². The minimum Gasteiger partial charge on any atom is -0.480 e. The molecule has 148 valence electrons. The molecular formula is C18H27N5O4. The van der Waals surface area contributed by atoms with Crippen LogP contribution < -0.4 is 4.90 Å². The van der Waals surface area contributed by atoms with Crippen molar-refractivity contribution >= 4 is 17.9 Å². The van der Waals surface area contributed by atoms with E-state index in [1.54, 1.807) is 19.4 Å². The fraction of sp³-hybridized carbons (Fsp3) is 0.667. The van der Waals surface area contributed by atoms with Crippen molar-refractivity contribution in [2.75, 3.05) is 45.2 Å². The van der Waals surface area contributed by atoms with Gasteiger partial charge in [0.15, 0.2) is 0 Å². The molecule has 2 aliphatic heterocycles. The average Bonchev–Trinajstić information content (AvgIpc) is 2.94. The van der Waals surface area contributed by atoms with Gasteiger partial charge in [-0.05, 0) is 44.8 Å². The zero-order chi connectivity index (χ0) is 19.6. The van der Waals surface area contributed by atoms with E-state index in [2.05, 4.69) is 14.9 Å². The van der Waals surface area contributed by atoms with Crippen molar-refractivity contribution < 1.29 is 19.8 Å². The van der Waals surface area contributed by atoms with Crippen molar-refractivity contribution in [1.29, 1.82) is 0 Å². The minimum absolute atomic E-state index is 0.119. The SMILES string of the molecule is CN(CC(=O)O)c1ncc(CN2CCC3(CC2)C[C@@H](C(=O)O)N(C)C3)cn1. The Hall–Kier alpha value is -2.26. The molecule has 1 aromatic rings. The predicted molar refractivity (Wildman–Crippen MR) is 98.6 cm³/mol. The van der Waals surface area contributed by atoms with E-state index >= 15 is 0 Å². The number of carboxylic acid groups (broad SMARTS) is 2. The van der Waals surface area contributed by atoms with Gasteiger partial charge in [-0.3, -0.25) is 19.4 Å². The summed E-state index contributed by atoms with van der Waals surface area (Å²) in [6, 6.07) is -0.361. The molecule has 3 rings (SSSR count). The highest BCUT2D eigenvalue weighted by Gasteiger charge is 2.46. The number of likely N-dealkylation sites (tertiary alicyclic amines) is 2. The molecule has 1 aromatic heterocycles. The third kappa shape index (κ3) is 4.54. The lowest BCUT2D eigenvalue weighted by Crippen LogP contribution is -2.40. The summed E-state index contributed by atoms with van der Waals surface area (Å²) >= 11 is 0. The smallest absolute Gasteiger partial charge is 0.323 e. The van der Waals surface area contributed by atoms with Gasteiger partial charge in [0.05, 0.1) is 0 Å². The molecule has 2 aliphatic rings. The van der Waals surface area contributed by atoms with E-state index in [0.29, 0.717) is 5.95 Å². The first kappa shape index (κ1) is 19.5. The highest BCUT2D eigenvalue weighted by atomic mass is 16.4. The van der Waals surface area contributed by atoms with Crippen LogP contribution in [0.1, 0.15) is 24.8 Å². The lowest BCUT2D eigenvalue weighted by molar-refractivity contribution is -0.141. The summed E-state index contributed by atoms with van der Waals surface area (Å²) in [6.45, 7) is 3.32. The van der Waals surface area contributed by atoms with Gasteiger partial charge in [-0.15, -0.1) is 0 Å². The first-order valence-electron chi connectivity index (χ1n) is 9.17. The Morgan fingerprint density at radius 3 is 2.41 bits per heavy atom. The largest absolute Gasteiger partial charge is 0.480 e. The lowest BCUT2D eigenvalue weighted by Gasteiger charge is -2.39. The summed E-state index contributed by atoms with van der Waals surface area (Å²) < 4.78 is 0. The Labute approximate surface area is 158 Å². The number of carboxylic acids is 2. The van der Waals surface area contributed by atoms with Crippen molar-refractivity contribution in [3.05, 3.63) is 18.0 Å². The Kier molecular flexibility index (Phi) is 5.61. The lowest BCUT2D eigenvalue weighted by atomic mass is 9.76. The number of carbonyl (C=O) groups is 2. The first-order chi connectivity index (χ1) is 12.8. The van der Waals surface area contributed by atoms with Crippen molar-refractivity contribution in [3.63, 3.8) is 0 Å². The quantitative estimate of drug-likeness (QED) is 0.726. The number of aromatic nitrogens is 2. The zero-order valence-electron chi connectivity index (χ0n) is 15.8. The van der Waals surface area contributed by atoms with Crippen LogP contribution in [0, 0.1) is 5.41 Å². The highest BCUT2D eigenvalue weighted by Crippen LogP contribution is 2.42. The van der Waals surface area contributed by atoms with Gasteiger partial charge in [-0.2, -0.15) is 0 Å². The summed E-state index contributed by atoms with van der Waals surface area (Å²) in [5.74, 6) is -1.25. The van der Waals surface area contributed by atoms with Crippen molar-refractivity contribution in [3.8, 4) is 0 Å². The van der Waals surface area contributed by atoms with Gasteiger partial charge in [0.25, 0.3) is 0 Å². The van der Waals surface area contributed by atoms with Crippen LogP contribution in [0.3, 0.4) is 0 Å². The van der Waals surface area contributed by atoms with E-state index in [0.717, 1.165) is 51.0 Å². The van der Waals surface area contributed by atoms with Crippen LogP contribution in [0.2, 0.25) is 0 Å². The average molecular weight is 377 g/mol. The van der Waals surface area contributed by atoms with Crippen LogP contribution in [0.4, 0.5) is 5.95 Å². The maximum absolute atomic E-state index is 11.4. The number of aliphatic carboxylic acids is 2. The van der Waals surface area contributed by atoms with Gasteiger partial charge in [0.2, 0.25) is 5.95 Å². The van der Waals surface area contributed by atoms with E-state index in [9.17, 15) is 14.7 Å². The summed E-state index contributed by atoms with van der Waals surface area (Å²) in [7, 11) is 3.55. The van der Waals surface area contributed by atoms with Crippen LogP contribution in [0.15, 0.2) is 12.4 Å². The second-order valence-electron chi connectivity index (χ2n) is 7.89. The van der Waals surface area contributed by atoms with Crippen molar-refractivity contribution in [1.82, 2.24) is 19.8 Å². The van der Waals surface area contributed by atoms with Crippen molar-refractivity contribution in [2.24, 2.45) is 5.41 Å². The van der Waals surface area contributed by atoms with Gasteiger partial charge in [-0.25, -0.2) is 9.97 Å². The molecule has 27 heavy (non-hydrogen) atoms. The molecule has 0 saturated carbocycles.